The molecule has 0 bridgehead atoms. The molecule has 1 aliphatic carbocycles. The fourth-order valence-corrected chi connectivity index (χ4v) is 4.74. The zero-order valence-corrected chi connectivity index (χ0v) is 11.8. The monoisotopic (exact) mass is 287 g/mol. The third-order valence-electron chi connectivity index (χ3n) is 3.69. The largest absolute Gasteiger partial charge is 0.383 e. The van der Waals surface area contributed by atoms with Crippen LogP contribution in [0, 0.1) is 5.82 Å². The van der Waals surface area contributed by atoms with Crippen molar-refractivity contribution in [3.05, 3.63) is 35.6 Å². The van der Waals surface area contributed by atoms with Crippen LogP contribution in [0.4, 0.5) is 4.39 Å². The number of hydrogen-bond acceptors (Lipinski definition) is 4. The Bertz CT molecular complexity index is 575. The van der Waals surface area contributed by atoms with E-state index in [0.717, 1.165) is 0 Å². The summed E-state index contributed by atoms with van der Waals surface area (Å²) in [5.74, 6) is -0.781. The molecule has 0 amide bonds. The van der Waals surface area contributed by atoms with Gasteiger partial charge in [0.05, 0.1) is 17.4 Å². The minimum atomic E-state index is -3.29. The van der Waals surface area contributed by atoms with Crippen LogP contribution in [0.25, 0.3) is 0 Å². The van der Waals surface area contributed by atoms with Gasteiger partial charge in [-0.2, -0.15) is 0 Å². The van der Waals surface area contributed by atoms with E-state index in [0.29, 0.717) is 5.56 Å². The zero-order valence-electron chi connectivity index (χ0n) is 11.0. The summed E-state index contributed by atoms with van der Waals surface area (Å²) in [5, 5.41) is -0.702. The van der Waals surface area contributed by atoms with Crippen molar-refractivity contribution in [1.82, 2.24) is 0 Å². The molecule has 2 N–H and O–H groups in total. The summed E-state index contributed by atoms with van der Waals surface area (Å²) < 4.78 is 42.5. The van der Waals surface area contributed by atoms with Crippen LogP contribution in [0.5, 0.6) is 0 Å². The fourth-order valence-electron chi connectivity index (χ4n) is 2.75. The highest BCUT2D eigenvalue weighted by Crippen LogP contribution is 2.54. The van der Waals surface area contributed by atoms with Gasteiger partial charge in [-0.15, -0.1) is 0 Å². The lowest BCUT2D eigenvalue weighted by molar-refractivity contribution is 0.171. The lowest BCUT2D eigenvalue weighted by atomic mass is 10.1. The molecule has 0 heterocycles. The van der Waals surface area contributed by atoms with E-state index in [9.17, 15) is 12.8 Å². The van der Waals surface area contributed by atoms with Crippen molar-refractivity contribution in [3.63, 3.8) is 0 Å². The Kier molecular flexibility index (Phi) is 3.68. The number of ether oxygens (including phenoxy) is 1. The van der Waals surface area contributed by atoms with Gasteiger partial charge in [-0.3, -0.25) is 0 Å². The average molecular weight is 287 g/mol. The first kappa shape index (κ1) is 14.4. The molecule has 3 atom stereocenters. The maximum Gasteiger partial charge on any atom is 0.155 e. The fraction of sp³-hybridized carbons (Fsp3) is 0.538. The van der Waals surface area contributed by atoms with Gasteiger partial charge in [-0.05, 0) is 17.7 Å². The minimum Gasteiger partial charge on any atom is -0.383 e. The normalized spacial score (nSPS) is 30.3. The molecule has 106 valence electrons. The maximum atomic E-state index is 13.3. The molecule has 1 fully saturated rings. The Balaban J connectivity index is 2.39. The van der Waals surface area contributed by atoms with E-state index in [1.807, 2.05) is 0 Å². The Morgan fingerprint density at radius 2 is 2.16 bits per heavy atom. The number of hydrogen-bond donors (Lipinski definition) is 1. The molecule has 6 heteroatoms. The molecule has 1 aromatic carbocycles. The smallest absolute Gasteiger partial charge is 0.155 e. The molecule has 2 rings (SSSR count). The third-order valence-corrected chi connectivity index (χ3v) is 5.98. The summed E-state index contributed by atoms with van der Waals surface area (Å²) in [6, 6.07) is 5.93. The van der Waals surface area contributed by atoms with E-state index in [4.69, 9.17) is 10.5 Å². The van der Waals surface area contributed by atoms with Crippen molar-refractivity contribution in [2.45, 2.75) is 23.6 Å². The van der Waals surface area contributed by atoms with E-state index in [2.05, 4.69) is 0 Å². The van der Waals surface area contributed by atoms with E-state index in [1.165, 1.54) is 19.2 Å². The van der Waals surface area contributed by atoms with Gasteiger partial charge in [0, 0.05) is 18.8 Å². The van der Waals surface area contributed by atoms with Crippen molar-refractivity contribution >= 4 is 9.84 Å². The molecule has 1 aliphatic rings. The molecule has 0 spiro atoms. The van der Waals surface area contributed by atoms with Crippen molar-refractivity contribution in [3.8, 4) is 0 Å². The summed E-state index contributed by atoms with van der Waals surface area (Å²) in [7, 11) is -1.82. The van der Waals surface area contributed by atoms with Crippen LogP contribution >= 0.6 is 0 Å². The van der Waals surface area contributed by atoms with Gasteiger partial charge in [-0.1, -0.05) is 19.1 Å². The molecule has 19 heavy (non-hydrogen) atoms. The van der Waals surface area contributed by atoms with Gasteiger partial charge < -0.3 is 10.5 Å². The summed E-state index contributed by atoms with van der Waals surface area (Å²) in [6.45, 7) is 1.72. The van der Waals surface area contributed by atoms with Crippen LogP contribution in [0.3, 0.4) is 0 Å². The van der Waals surface area contributed by atoms with Gasteiger partial charge in [0.1, 0.15) is 5.82 Å². The first-order valence-electron chi connectivity index (χ1n) is 6.11. The van der Waals surface area contributed by atoms with Crippen LogP contribution in [0.15, 0.2) is 24.3 Å². The highest BCUT2D eigenvalue weighted by molar-refractivity contribution is 7.92. The predicted molar refractivity (Wildman–Crippen MR) is 71.2 cm³/mol. The lowest BCUT2D eigenvalue weighted by Crippen LogP contribution is -2.36. The molecular weight excluding hydrogens is 269 g/mol. The summed E-state index contributed by atoms with van der Waals surface area (Å²) in [6.07, 6.45) is 0. The maximum absolute atomic E-state index is 13.3. The van der Waals surface area contributed by atoms with E-state index >= 15 is 0 Å². The first-order chi connectivity index (χ1) is 8.86. The number of sulfone groups is 1. The Morgan fingerprint density at radius 3 is 2.68 bits per heavy atom. The van der Waals surface area contributed by atoms with Gasteiger partial charge in [0.2, 0.25) is 0 Å². The van der Waals surface area contributed by atoms with Crippen LogP contribution in [-0.4, -0.2) is 38.7 Å². The van der Waals surface area contributed by atoms with E-state index in [1.54, 1.807) is 19.1 Å². The van der Waals surface area contributed by atoms with Crippen molar-refractivity contribution in [1.29, 1.82) is 0 Å². The minimum absolute atomic E-state index is 0.0200. The first-order valence-corrected chi connectivity index (χ1v) is 7.83. The lowest BCUT2D eigenvalue weighted by Gasteiger charge is -2.10. The van der Waals surface area contributed by atoms with Crippen molar-refractivity contribution in [2.24, 2.45) is 5.73 Å². The van der Waals surface area contributed by atoms with Gasteiger partial charge >= 0.3 is 0 Å². The number of rotatable bonds is 5. The predicted octanol–water partition coefficient (Wildman–Crippen LogP) is 1.07. The number of methoxy groups -OCH3 is 1. The molecule has 0 unspecified atom stereocenters. The molecule has 0 aromatic heterocycles. The second-order valence-corrected chi connectivity index (χ2v) is 7.36. The Morgan fingerprint density at radius 1 is 1.47 bits per heavy atom. The molecule has 0 radical (unpaired) electrons. The van der Waals surface area contributed by atoms with E-state index in [-0.39, 0.29) is 12.4 Å². The number of halogens is 1. The van der Waals surface area contributed by atoms with Crippen LogP contribution in [0.2, 0.25) is 0 Å². The molecule has 0 aliphatic heterocycles. The Hall–Kier alpha value is -0.980. The van der Waals surface area contributed by atoms with Gasteiger partial charge in [0.15, 0.2) is 9.84 Å². The zero-order chi connectivity index (χ0) is 14.3. The topological polar surface area (TPSA) is 69.4 Å². The van der Waals surface area contributed by atoms with Gasteiger partial charge in [-0.25, -0.2) is 12.8 Å². The summed E-state index contributed by atoms with van der Waals surface area (Å²) in [4.78, 5) is 0. The summed E-state index contributed by atoms with van der Waals surface area (Å²) >= 11 is 0. The molecule has 1 saturated carbocycles. The highest BCUT2D eigenvalue weighted by Gasteiger charge is 2.68. The van der Waals surface area contributed by atoms with Crippen LogP contribution in [0.1, 0.15) is 18.4 Å². The molecular formula is C13H18FNO3S. The quantitative estimate of drug-likeness (QED) is 0.879. The summed E-state index contributed by atoms with van der Waals surface area (Å²) in [5.41, 5.74) is 5.81. The molecule has 1 aromatic rings. The second-order valence-electron chi connectivity index (χ2n) is 4.95. The average Bonchev–Trinajstić information content (AvgIpc) is 2.96. The van der Waals surface area contributed by atoms with E-state index < -0.39 is 32.4 Å². The molecule has 0 saturated heterocycles. The van der Waals surface area contributed by atoms with Crippen molar-refractivity contribution < 1.29 is 17.5 Å². The van der Waals surface area contributed by atoms with Crippen LogP contribution in [-0.2, 0) is 14.6 Å². The van der Waals surface area contributed by atoms with Gasteiger partial charge in [0.25, 0.3) is 0 Å². The van der Waals surface area contributed by atoms with Crippen molar-refractivity contribution in [2.75, 3.05) is 19.5 Å². The van der Waals surface area contributed by atoms with Crippen LogP contribution < -0.4 is 5.73 Å². The number of benzene rings is 1. The standard InChI is InChI=1S/C13H18FNO3S/c1-3-19(16,17)12-11(13(12,15)8-18-2)9-5-4-6-10(14)7-9/h4-7,11-12H,3,8,15H2,1-2H3/t11-,12-,13-/m0/s1. The third kappa shape index (κ3) is 2.40. The Labute approximate surface area is 112 Å². The molecule has 4 nitrogen and oxygen atoms in total. The SMILES string of the molecule is CCS(=O)(=O)[C@H]1[C@H](c2cccc(F)c2)[C@@]1(N)COC. The second kappa shape index (κ2) is 4.85. The highest BCUT2D eigenvalue weighted by atomic mass is 32.2. The number of nitrogens with two attached hydrogens (primary N) is 1.